The van der Waals surface area contributed by atoms with E-state index in [1.165, 1.54) is 4.90 Å². The van der Waals surface area contributed by atoms with E-state index in [0.717, 1.165) is 10.5 Å². The van der Waals surface area contributed by atoms with E-state index in [1.54, 1.807) is 6.07 Å². The van der Waals surface area contributed by atoms with E-state index in [1.807, 2.05) is 25.1 Å². The summed E-state index contributed by atoms with van der Waals surface area (Å²) in [6.45, 7) is 3.05. The van der Waals surface area contributed by atoms with Crippen LogP contribution in [0.15, 0.2) is 24.3 Å². The molecule has 1 atom stereocenters. The van der Waals surface area contributed by atoms with Crippen LogP contribution in [0.1, 0.15) is 24.8 Å². The van der Waals surface area contributed by atoms with Gasteiger partial charge < -0.3 is 14.8 Å². The molecule has 0 radical (unpaired) electrons. The summed E-state index contributed by atoms with van der Waals surface area (Å²) >= 11 is 0. The molecule has 2 amide bonds. The first-order valence-electron chi connectivity index (χ1n) is 7.97. The monoisotopic (exact) mass is 316 g/mol. The van der Waals surface area contributed by atoms with E-state index in [9.17, 15) is 19.5 Å². The normalized spacial score (nSPS) is 28.2. The van der Waals surface area contributed by atoms with Crippen molar-refractivity contribution in [3.63, 3.8) is 0 Å². The van der Waals surface area contributed by atoms with Crippen LogP contribution in [0.3, 0.4) is 0 Å². The summed E-state index contributed by atoms with van der Waals surface area (Å²) in [6, 6.07) is 6.95. The van der Waals surface area contributed by atoms with Crippen LogP contribution in [0.4, 0.5) is 5.69 Å². The second-order valence-electron chi connectivity index (χ2n) is 6.36. The number of anilines is 1. The van der Waals surface area contributed by atoms with Crippen molar-refractivity contribution < 1.29 is 24.4 Å². The van der Waals surface area contributed by atoms with Gasteiger partial charge in [-0.3, -0.25) is 9.59 Å². The van der Waals surface area contributed by atoms with Gasteiger partial charge in [-0.25, -0.2) is 4.90 Å². The quantitative estimate of drug-likeness (QED) is 0.701. The number of carboxylic acids is 1. The number of aliphatic carboxylic acids is 1. The number of carbonyl (C=O) groups is 3. The largest absolute Gasteiger partial charge is 0.550 e. The second-order valence-corrected chi connectivity index (χ2v) is 6.36. The van der Waals surface area contributed by atoms with E-state index in [0.29, 0.717) is 31.6 Å². The minimum atomic E-state index is -1.01. The first-order chi connectivity index (χ1) is 11.0. The maximum atomic E-state index is 12.7. The van der Waals surface area contributed by atoms with Crippen LogP contribution in [0.2, 0.25) is 0 Å². The Morgan fingerprint density at radius 1 is 1.22 bits per heavy atom. The van der Waals surface area contributed by atoms with E-state index >= 15 is 0 Å². The average Bonchev–Trinajstić information content (AvgIpc) is 2.83. The number of aryl methyl sites for hydroxylation is 1. The van der Waals surface area contributed by atoms with Crippen molar-refractivity contribution in [1.29, 1.82) is 0 Å². The fourth-order valence-electron chi connectivity index (χ4n) is 3.59. The lowest BCUT2D eigenvalue weighted by molar-refractivity contribution is -0.920. The molecule has 2 heterocycles. The molecule has 1 aromatic carbocycles. The highest BCUT2D eigenvalue weighted by molar-refractivity contribution is 6.22. The molecule has 6 heteroatoms. The van der Waals surface area contributed by atoms with Gasteiger partial charge in [-0.15, -0.1) is 0 Å². The topological polar surface area (TPSA) is 82.0 Å². The van der Waals surface area contributed by atoms with E-state index in [4.69, 9.17) is 0 Å². The van der Waals surface area contributed by atoms with Gasteiger partial charge >= 0.3 is 0 Å². The highest BCUT2D eigenvalue weighted by Crippen LogP contribution is 2.25. The Bertz CT molecular complexity index is 650. The number of para-hydroxylation sites is 1. The number of likely N-dealkylation sites (tertiary alicyclic amines) is 1. The number of hydrogen-bond acceptors (Lipinski definition) is 4. The molecule has 1 N–H and O–H groups in total. The van der Waals surface area contributed by atoms with Crippen LogP contribution in [-0.2, 0) is 14.4 Å². The molecule has 6 nitrogen and oxygen atoms in total. The molecule has 0 saturated carbocycles. The Kier molecular flexibility index (Phi) is 4.17. The van der Waals surface area contributed by atoms with Gasteiger partial charge in [-0.05, 0) is 18.6 Å². The Morgan fingerprint density at radius 2 is 1.87 bits per heavy atom. The lowest BCUT2D eigenvalue weighted by Crippen LogP contribution is -3.17. The highest BCUT2D eigenvalue weighted by Gasteiger charge is 2.46. The van der Waals surface area contributed by atoms with Gasteiger partial charge in [0.05, 0.1) is 25.2 Å². The lowest BCUT2D eigenvalue weighted by Gasteiger charge is -2.32. The number of benzene rings is 1. The third kappa shape index (κ3) is 2.86. The van der Waals surface area contributed by atoms with Gasteiger partial charge in [-0.1, -0.05) is 18.2 Å². The molecular formula is C17H20N2O4. The van der Waals surface area contributed by atoms with Crippen molar-refractivity contribution in [2.75, 3.05) is 18.0 Å². The number of nitrogens with zero attached hydrogens (tertiary/aromatic N) is 1. The molecule has 0 unspecified atom stereocenters. The number of imide groups is 1. The average molecular weight is 316 g/mol. The zero-order chi connectivity index (χ0) is 16.6. The number of hydrogen-bond donors (Lipinski definition) is 1. The van der Waals surface area contributed by atoms with Gasteiger partial charge in [0.1, 0.15) is 0 Å². The van der Waals surface area contributed by atoms with Crippen molar-refractivity contribution >= 4 is 23.5 Å². The minimum Gasteiger partial charge on any atom is -0.550 e. The molecule has 23 heavy (non-hydrogen) atoms. The first kappa shape index (κ1) is 15.7. The predicted octanol–water partition coefficient (Wildman–Crippen LogP) is -1.33. The van der Waals surface area contributed by atoms with Gasteiger partial charge in [0.25, 0.3) is 5.91 Å². The fraction of sp³-hybridized carbons (Fsp3) is 0.471. The lowest BCUT2D eigenvalue weighted by atomic mass is 9.95. The predicted molar refractivity (Wildman–Crippen MR) is 80.5 cm³/mol. The first-order valence-corrected chi connectivity index (χ1v) is 7.97. The number of nitrogens with one attached hydrogen (secondary N) is 1. The Morgan fingerprint density at radius 3 is 2.48 bits per heavy atom. The molecule has 2 saturated heterocycles. The van der Waals surface area contributed by atoms with Crippen molar-refractivity contribution in [2.24, 2.45) is 5.92 Å². The van der Waals surface area contributed by atoms with Gasteiger partial charge in [0.2, 0.25) is 5.91 Å². The summed E-state index contributed by atoms with van der Waals surface area (Å²) in [4.78, 5) is 38.3. The van der Waals surface area contributed by atoms with Crippen molar-refractivity contribution in [2.45, 2.75) is 32.2 Å². The second kappa shape index (κ2) is 6.12. The molecule has 2 fully saturated rings. The van der Waals surface area contributed by atoms with Crippen LogP contribution < -0.4 is 14.9 Å². The molecule has 3 rings (SSSR count). The Labute approximate surface area is 134 Å². The number of rotatable bonds is 3. The van der Waals surface area contributed by atoms with Gasteiger partial charge in [0, 0.05) is 24.7 Å². The molecule has 1 aromatic rings. The number of amides is 2. The van der Waals surface area contributed by atoms with E-state index in [2.05, 4.69) is 0 Å². The smallest absolute Gasteiger partial charge is 0.292 e. The maximum Gasteiger partial charge on any atom is 0.292 e. The summed E-state index contributed by atoms with van der Waals surface area (Å²) in [6.07, 6.45) is 1.19. The SMILES string of the molecule is Cc1ccccc1N1C(=O)C[C@@H]([NH+]2CCC(C(=O)[O-])CC2)C1=O. The van der Waals surface area contributed by atoms with E-state index < -0.39 is 17.9 Å². The van der Waals surface area contributed by atoms with Gasteiger partial charge in [0.15, 0.2) is 6.04 Å². The van der Waals surface area contributed by atoms with Crippen molar-refractivity contribution in [1.82, 2.24) is 0 Å². The number of carboxylic acid groups (broad SMARTS) is 1. The van der Waals surface area contributed by atoms with Crippen LogP contribution in [-0.4, -0.2) is 36.9 Å². The van der Waals surface area contributed by atoms with Crippen molar-refractivity contribution in [3.8, 4) is 0 Å². The third-order valence-electron chi connectivity index (χ3n) is 4.96. The highest BCUT2D eigenvalue weighted by atomic mass is 16.4. The molecule has 0 aliphatic carbocycles. The van der Waals surface area contributed by atoms with Crippen LogP contribution in [0, 0.1) is 12.8 Å². The fourth-order valence-corrected chi connectivity index (χ4v) is 3.59. The molecule has 2 aliphatic rings. The standard InChI is InChI=1S/C17H20N2O4/c1-11-4-2-3-5-13(11)19-15(20)10-14(16(19)21)18-8-6-12(7-9-18)17(22)23/h2-5,12,14H,6-10H2,1H3,(H,22,23)/t14-/m1/s1. The van der Waals surface area contributed by atoms with Gasteiger partial charge in [-0.2, -0.15) is 0 Å². The zero-order valence-corrected chi connectivity index (χ0v) is 13.1. The van der Waals surface area contributed by atoms with Crippen LogP contribution in [0.5, 0.6) is 0 Å². The van der Waals surface area contributed by atoms with E-state index in [-0.39, 0.29) is 18.2 Å². The maximum absolute atomic E-state index is 12.7. The number of quaternary nitrogens is 1. The molecule has 122 valence electrons. The van der Waals surface area contributed by atoms with Crippen molar-refractivity contribution in [3.05, 3.63) is 29.8 Å². The molecule has 0 spiro atoms. The molecule has 2 aliphatic heterocycles. The van der Waals surface area contributed by atoms with Crippen LogP contribution in [0.25, 0.3) is 0 Å². The van der Waals surface area contributed by atoms with Crippen LogP contribution >= 0.6 is 0 Å². The number of piperidine rings is 1. The summed E-state index contributed by atoms with van der Waals surface area (Å²) in [5.41, 5.74) is 1.54. The summed E-state index contributed by atoms with van der Waals surface area (Å²) in [5, 5.41) is 10.9. The number of carbonyl (C=O) groups excluding carboxylic acids is 3. The molecule has 0 bridgehead atoms. The Hall–Kier alpha value is -2.21. The molecular weight excluding hydrogens is 296 g/mol. The summed E-state index contributed by atoms with van der Waals surface area (Å²) < 4.78 is 0. The summed E-state index contributed by atoms with van der Waals surface area (Å²) in [5.74, 6) is -1.80. The third-order valence-corrected chi connectivity index (χ3v) is 4.96. The minimum absolute atomic E-state index is 0.175. The Balaban J connectivity index is 1.75. The zero-order valence-electron chi connectivity index (χ0n) is 13.1. The summed E-state index contributed by atoms with van der Waals surface area (Å²) in [7, 11) is 0. The molecule has 0 aromatic heterocycles.